The molecule has 0 saturated carbocycles. The summed E-state index contributed by atoms with van der Waals surface area (Å²) in [6, 6.07) is 14.2. The summed E-state index contributed by atoms with van der Waals surface area (Å²) in [6.45, 7) is 6.23. The lowest BCUT2D eigenvalue weighted by atomic mass is 10.1. The van der Waals surface area contributed by atoms with Crippen LogP contribution in [0.2, 0.25) is 20.1 Å². The Bertz CT molecular complexity index is 1500. The van der Waals surface area contributed by atoms with Gasteiger partial charge in [0.2, 0.25) is 11.8 Å². The normalized spacial score (nSPS) is 12.2. The zero-order valence-electron chi connectivity index (χ0n) is 22.3. The van der Waals surface area contributed by atoms with E-state index >= 15 is 0 Å². The topological polar surface area (TPSA) is 86.8 Å². The smallest absolute Gasteiger partial charge is 0.264 e. The molecule has 1 N–H and O–H groups in total. The van der Waals surface area contributed by atoms with Crippen LogP contribution in [0.1, 0.15) is 31.9 Å². The monoisotopic (exact) mass is 643 g/mol. The number of hydrogen-bond donors (Lipinski definition) is 1. The van der Waals surface area contributed by atoms with Gasteiger partial charge < -0.3 is 10.2 Å². The SMILES string of the molecule is Cc1ccc(S(=O)(=O)N(CC(=O)N(Cc2ccc(Cl)cc2Cl)[C@@H](C)C(=O)NC(C)C)c2cc(Cl)ccc2Cl)cc1. The van der Waals surface area contributed by atoms with Crippen LogP contribution in [0.5, 0.6) is 0 Å². The quantitative estimate of drug-likeness (QED) is 0.265. The molecule has 0 fully saturated rings. The maximum absolute atomic E-state index is 14.0. The molecule has 0 unspecified atom stereocenters. The molecule has 0 saturated heterocycles. The van der Waals surface area contributed by atoms with E-state index in [1.165, 1.54) is 41.3 Å². The van der Waals surface area contributed by atoms with Crippen molar-refractivity contribution < 1.29 is 18.0 Å². The van der Waals surface area contributed by atoms with Crippen LogP contribution in [-0.2, 0) is 26.2 Å². The van der Waals surface area contributed by atoms with Gasteiger partial charge in [-0.3, -0.25) is 13.9 Å². The molecule has 3 rings (SSSR count). The molecular formula is C28H29Cl4N3O4S. The number of halogens is 4. The molecule has 1 atom stereocenters. The minimum absolute atomic E-state index is 0.0202. The second kappa shape index (κ2) is 13.4. The third-order valence-corrected chi connectivity index (χ3v) is 8.93. The van der Waals surface area contributed by atoms with Crippen molar-refractivity contribution in [2.75, 3.05) is 10.8 Å². The number of aryl methyl sites for hydroxylation is 1. The maximum Gasteiger partial charge on any atom is 0.264 e. The van der Waals surface area contributed by atoms with Gasteiger partial charge in [-0.15, -0.1) is 0 Å². The van der Waals surface area contributed by atoms with Crippen molar-refractivity contribution in [3.8, 4) is 0 Å². The van der Waals surface area contributed by atoms with Crippen LogP contribution in [0, 0.1) is 6.92 Å². The molecule has 7 nitrogen and oxygen atoms in total. The first-order chi connectivity index (χ1) is 18.7. The van der Waals surface area contributed by atoms with E-state index in [1.54, 1.807) is 45.0 Å². The van der Waals surface area contributed by atoms with Crippen molar-refractivity contribution in [2.45, 2.75) is 51.2 Å². The van der Waals surface area contributed by atoms with Crippen LogP contribution >= 0.6 is 46.4 Å². The minimum atomic E-state index is -4.29. The highest BCUT2D eigenvalue weighted by Crippen LogP contribution is 2.33. The van der Waals surface area contributed by atoms with Gasteiger partial charge in [0.15, 0.2) is 0 Å². The number of hydrogen-bond acceptors (Lipinski definition) is 4. The molecule has 214 valence electrons. The van der Waals surface area contributed by atoms with E-state index in [1.807, 2.05) is 6.92 Å². The summed E-state index contributed by atoms with van der Waals surface area (Å²) in [4.78, 5) is 28.2. The van der Waals surface area contributed by atoms with Gasteiger partial charge in [0.05, 0.1) is 15.6 Å². The number of amides is 2. The minimum Gasteiger partial charge on any atom is -0.352 e. The molecule has 0 bridgehead atoms. The fourth-order valence-corrected chi connectivity index (χ4v) is 6.18. The van der Waals surface area contributed by atoms with Crippen LogP contribution in [0.15, 0.2) is 65.6 Å². The van der Waals surface area contributed by atoms with Crippen LogP contribution in [0.3, 0.4) is 0 Å². The van der Waals surface area contributed by atoms with E-state index in [0.29, 0.717) is 15.6 Å². The van der Waals surface area contributed by atoms with Crippen molar-refractivity contribution in [3.63, 3.8) is 0 Å². The molecule has 0 aliphatic carbocycles. The zero-order chi connectivity index (χ0) is 29.8. The lowest BCUT2D eigenvalue weighted by Crippen LogP contribution is -2.52. The molecule has 0 aromatic heterocycles. The van der Waals surface area contributed by atoms with E-state index in [2.05, 4.69) is 5.32 Å². The van der Waals surface area contributed by atoms with Crippen molar-refractivity contribution in [2.24, 2.45) is 0 Å². The standard InChI is InChI=1S/C28H29Cl4N3O4S/c1-17(2)33-28(37)19(4)34(15-20-7-8-21(29)13-25(20)32)27(36)16-35(26-14-22(30)9-12-24(26)31)40(38,39)23-10-5-18(3)6-11-23/h5-14,17,19H,15-16H2,1-4H3,(H,33,37)/t19-/m0/s1. The molecule has 0 heterocycles. The predicted octanol–water partition coefficient (Wildman–Crippen LogP) is 6.75. The zero-order valence-corrected chi connectivity index (χ0v) is 26.1. The number of carbonyl (C=O) groups is 2. The highest BCUT2D eigenvalue weighted by molar-refractivity contribution is 7.92. The average Bonchev–Trinajstić information content (AvgIpc) is 2.87. The van der Waals surface area contributed by atoms with Crippen molar-refractivity contribution in [1.29, 1.82) is 0 Å². The molecule has 0 radical (unpaired) electrons. The van der Waals surface area contributed by atoms with Crippen LogP contribution in [0.25, 0.3) is 0 Å². The Labute approximate surface area is 255 Å². The fraction of sp³-hybridized carbons (Fsp3) is 0.286. The Morgan fingerprint density at radius 2 is 1.45 bits per heavy atom. The summed E-state index contributed by atoms with van der Waals surface area (Å²) in [5.41, 5.74) is 1.41. The number of sulfonamides is 1. The van der Waals surface area contributed by atoms with Crippen LogP contribution in [0.4, 0.5) is 5.69 Å². The Balaban J connectivity index is 2.10. The number of anilines is 1. The van der Waals surface area contributed by atoms with Crippen molar-refractivity contribution >= 4 is 73.9 Å². The Morgan fingerprint density at radius 1 is 0.850 bits per heavy atom. The summed E-state index contributed by atoms with van der Waals surface area (Å²) in [6.07, 6.45) is 0. The number of benzene rings is 3. The Kier molecular flexibility index (Phi) is 10.8. The highest BCUT2D eigenvalue weighted by atomic mass is 35.5. The third-order valence-electron chi connectivity index (χ3n) is 6.02. The van der Waals surface area contributed by atoms with E-state index in [4.69, 9.17) is 46.4 Å². The first-order valence-corrected chi connectivity index (χ1v) is 15.2. The Hall–Kier alpha value is -2.49. The summed E-state index contributed by atoms with van der Waals surface area (Å²) in [7, 11) is -4.29. The van der Waals surface area contributed by atoms with Crippen LogP contribution < -0.4 is 9.62 Å². The average molecular weight is 645 g/mol. The molecule has 3 aromatic rings. The van der Waals surface area contributed by atoms with Gasteiger partial charge in [0.1, 0.15) is 12.6 Å². The summed E-state index contributed by atoms with van der Waals surface area (Å²) in [5.74, 6) is -1.08. The second-order valence-corrected chi connectivity index (χ2v) is 13.1. The predicted molar refractivity (Wildman–Crippen MR) is 162 cm³/mol. The van der Waals surface area contributed by atoms with Gasteiger partial charge in [0.25, 0.3) is 10.0 Å². The van der Waals surface area contributed by atoms with Gasteiger partial charge in [0, 0.05) is 27.7 Å². The summed E-state index contributed by atoms with van der Waals surface area (Å²) in [5, 5.41) is 3.80. The van der Waals surface area contributed by atoms with Crippen LogP contribution in [-0.4, -0.2) is 43.8 Å². The number of carbonyl (C=O) groups excluding carboxylic acids is 2. The molecule has 0 spiro atoms. The largest absolute Gasteiger partial charge is 0.352 e. The second-order valence-electron chi connectivity index (χ2n) is 9.52. The number of nitrogens with zero attached hydrogens (tertiary/aromatic N) is 2. The van der Waals surface area contributed by atoms with Gasteiger partial charge in [-0.1, -0.05) is 70.2 Å². The number of nitrogens with one attached hydrogen (secondary N) is 1. The highest BCUT2D eigenvalue weighted by Gasteiger charge is 2.34. The molecular weight excluding hydrogens is 616 g/mol. The van der Waals surface area contributed by atoms with E-state index in [-0.39, 0.29) is 33.2 Å². The first-order valence-electron chi connectivity index (χ1n) is 12.3. The molecule has 0 aliphatic rings. The van der Waals surface area contributed by atoms with Gasteiger partial charge in [-0.05, 0) is 75.7 Å². The lowest BCUT2D eigenvalue weighted by molar-refractivity contribution is -0.139. The summed E-state index contributed by atoms with van der Waals surface area (Å²) >= 11 is 25.1. The molecule has 12 heteroatoms. The molecule has 40 heavy (non-hydrogen) atoms. The molecule has 0 aliphatic heterocycles. The first kappa shape index (κ1) is 32.0. The van der Waals surface area contributed by atoms with E-state index < -0.39 is 34.4 Å². The molecule has 2 amide bonds. The number of rotatable bonds is 10. The lowest BCUT2D eigenvalue weighted by Gasteiger charge is -2.32. The van der Waals surface area contributed by atoms with E-state index in [0.717, 1.165) is 9.87 Å². The van der Waals surface area contributed by atoms with Crippen molar-refractivity contribution in [3.05, 3.63) is 91.9 Å². The summed E-state index contributed by atoms with van der Waals surface area (Å²) < 4.78 is 28.7. The van der Waals surface area contributed by atoms with Gasteiger partial charge in [-0.2, -0.15) is 0 Å². The molecule has 3 aromatic carbocycles. The fourth-order valence-electron chi connectivity index (χ4n) is 3.85. The third kappa shape index (κ3) is 7.83. The van der Waals surface area contributed by atoms with Gasteiger partial charge >= 0.3 is 0 Å². The van der Waals surface area contributed by atoms with Gasteiger partial charge in [-0.25, -0.2) is 8.42 Å². The van der Waals surface area contributed by atoms with Crippen molar-refractivity contribution in [1.82, 2.24) is 10.2 Å². The Morgan fingerprint density at radius 3 is 2.05 bits per heavy atom. The van der Waals surface area contributed by atoms with E-state index in [9.17, 15) is 18.0 Å². The maximum atomic E-state index is 14.0.